The van der Waals surface area contributed by atoms with Crippen molar-refractivity contribution in [2.45, 2.75) is 39.2 Å². The molecule has 19 heavy (non-hydrogen) atoms. The quantitative estimate of drug-likeness (QED) is 0.744. The Kier molecular flexibility index (Phi) is 3.32. The maximum absolute atomic E-state index is 3.52. The first-order chi connectivity index (χ1) is 9.20. The van der Waals surface area contributed by atoms with Gasteiger partial charge in [0.1, 0.15) is 0 Å². The fourth-order valence-electron chi connectivity index (χ4n) is 3.54. The zero-order valence-corrected chi connectivity index (χ0v) is 12.2. The van der Waals surface area contributed by atoms with Crippen LogP contribution in [0.25, 0.3) is 10.8 Å². The standard InChI is InChI=1S/C18H23N/c1-12-8-9-16-15-7-5-4-6-14(15)13(2)11-17(16)18(10-12)19-3/h4-7,11-12,18-19H,8-10H2,1-3H3. The summed E-state index contributed by atoms with van der Waals surface area (Å²) >= 11 is 0. The van der Waals surface area contributed by atoms with Crippen LogP contribution in [0.4, 0.5) is 0 Å². The predicted octanol–water partition coefficient (Wildman–Crippen LogP) is 4.38. The van der Waals surface area contributed by atoms with Crippen molar-refractivity contribution >= 4 is 10.8 Å². The minimum Gasteiger partial charge on any atom is -0.313 e. The maximum Gasteiger partial charge on any atom is 0.0323 e. The Morgan fingerprint density at radius 2 is 1.89 bits per heavy atom. The summed E-state index contributed by atoms with van der Waals surface area (Å²) in [5.74, 6) is 0.795. The molecule has 0 radical (unpaired) electrons. The van der Waals surface area contributed by atoms with E-state index in [-0.39, 0.29) is 0 Å². The van der Waals surface area contributed by atoms with E-state index in [2.05, 4.69) is 56.5 Å². The summed E-state index contributed by atoms with van der Waals surface area (Å²) in [6.07, 6.45) is 3.77. The lowest BCUT2D eigenvalue weighted by molar-refractivity contribution is 0.428. The highest BCUT2D eigenvalue weighted by Crippen LogP contribution is 2.36. The van der Waals surface area contributed by atoms with Crippen molar-refractivity contribution in [1.82, 2.24) is 5.32 Å². The highest BCUT2D eigenvalue weighted by atomic mass is 14.9. The number of hydrogen-bond acceptors (Lipinski definition) is 1. The predicted molar refractivity (Wildman–Crippen MR) is 82.6 cm³/mol. The molecule has 1 aliphatic carbocycles. The first kappa shape index (κ1) is 12.7. The van der Waals surface area contributed by atoms with Crippen LogP contribution in [0.3, 0.4) is 0 Å². The summed E-state index contributed by atoms with van der Waals surface area (Å²) in [6.45, 7) is 4.62. The zero-order chi connectivity index (χ0) is 13.4. The number of benzene rings is 2. The highest BCUT2D eigenvalue weighted by molar-refractivity contribution is 5.89. The summed E-state index contributed by atoms with van der Waals surface area (Å²) in [6, 6.07) is 11.8. The molecule has 3 rings (SSSR count). The average molecular weight is 253 g/mol. The van der Waals surface area contributed by atoms with Crippen LogP contribution in [0.1, 0.15) is 42.5 Å². The minimum atomic E-state index is 0.510. The van der Waals surface area contributed by atoms with E-state index < -0.39 is 0 Å². The van der Waals surface area contributed by atoms with Crippen molar-refractivity contribution in [2.75, 3.05) is 7.05 Å². The second kappa shape index (κ2) is 4.97. The second-order valence-electron chi connectivity index (χ2n) is 6.03. The second-order valence-corrected chi connectivity index (χ2v) is 6.03. The largest absolute Gasteiger partial charge is 0.313 e. The van der Waals surface area contributed by atoms with Crippen LogP contribution < -0.4 is 5.32 Å². The van der Waals surface area contributed by atoms with Crippen LogP contribution in [0.15, 0.2) is 30.3 Å². The first-order valence-corrected chi connectivity index (χ1v) is 7.39. The third kappa shape index (κ3) is 2.17. The molecule has 1 heteroatoms. The van der Waals surface area contributed by atoms with Crippen LogP contribution >= 0.6 is 0 Å². The van der Waals surface area contributed by atoms with Crippen molar-refractivity contribution in [2.24, 2.45) is 5.92 Å². The van der Waals surface area contributed by atoms with Gasteiger partial charge < -0.3 is 5.32 Å². The van der Waals surface area contributed by atoms with Gasteiger partial charge >= 0.3 is 0 Å². The molecular formula is C18H23N. The third-order valence-corrected chi connectivity index (χ3v) is 4.65. The molecule has 0 heterocycles. The molecule has 0 bridgehead atoms. The third-order valence-electron chi connectivity index (χ3n) is 4.65. The Morgan fingerprint density at radius 1 is 1.16 bits per heavy atom. The number of aryl methyl sites for hydroxylation is 2. The van der Waals surface area contributed by atoms with Crippen molar-refractivity contribution < 1.29 is 0 Å². The lowest BCUT2D eigenvalue weighted by Crippen LogP contribution is -2.18. The highest BCUT2D eigenvalue weighted by Gasteiger charge is 2.23. The lowest BCUT2D eigenvalue weighted by Gasteiger charge is -2.21. The van der Waals surface area contributed by atoms with Crippen LogP contribution in [0.5, 0.6) is 0 Å². The van der Waals surface area contributed by atoms with Gasteiger partial charge in [0, 0.05) is 6.04 Å². The number of hydrogen-bond donors (Lipinski definition) is 1. The van der Waals surface area contributed by atoms with E-state index in [1.165, 1.54) is 41.2 Å². The molecular weight excluding hydrogens is 230 g/mol. The van der Waals surface area contributed by atoms with Crippen LogP contribution in [0, 0.1) is 12.8 Å². The van der Waals surface area contributed by atoms with Gasteiger partial charge in [-0.2, -0.15) is 0 Å². The van der Waals surface area contributed by atoms with Gasteiger partial charge in [0.05, 0.1) is 0 Å². The molecule has 0 spiro atoms. The molecule has 0 fully saturated rings. The molecule has 2 aromatic carbocycles. The summed E-state index contributed by atoms with van der Waals surface area (Å²) < 4.78 is 0. The van der Waals surface area contributed by atoms with Crippen molar-refractivity contribution in [3.05, 3.63) is 47.0 Å². The van der Waals surface area contributed by atoms with E-state index in [1.807, 2.05) is 0 Å². The van der Waals surface area contributed by atoms with Crippen molar-refractivity contribution in [3.63, 3.8) is 0 Å². The lowest BCUT2D eigenvalue weighted by atomic mass is 9.90. The summed E-state index contributed by atoms with van der Waals surface area (Å²) in [7, 11) is 2.09. The summed E-state index contributed by atoms with van der Waals surface area (Å²) in [5.41, 5.74) is 4.51. The fraction of sp³-hybridized carbons (Fsp3) is 0.444. The van der Waals surface area contributed by atoms with Crippen LogP contribution in [-0.4, -0.2) is 7.05 Å². The SMILES string of the molecule is CNC1CC(C)CCc2c1cc(C)c1ccccc21. The van der Waals surface area contributed by atoms with Gasteiger partial charge in [-0.05, 0) is 66.6 Å². The van der Waals surface area contributed by atoms with E-state index in [0.717, 1.165) is 5.92 Å². The molecule has 2 aromatic rings. The Hall–Kier alpha value is -1.34. The fourth-order valence-corrected chi connectivity index (χ4v) is 3.54. The van der Waals surface area contributed by atoms with Gasteiger partial charge in [-0.3, -0.25) is 0 Å². The normalized spacial score (nSPS) is 23.1. The van der Waals surface area contributed by atoms with Gasteiger partial charge in [-0.25, -0.2) is 0 Å². The Morgan fingerprint density at radius 3 is 2.63 bits per heavy atom. The number of fused-ring (bicyclic) bond motifs is 3. The number of nitrogens with one attached hydrogen (secondary N) is 1. The average Bonchev–Trinajstić information content (AvgIpc) is 2.59. The Labute approximate surface area is 116 Å². The van der Waals surface area contributed by atoms with E-state index in [4.69, 9.17) is 0 Å². The van der Waals surface area contributed by atoms with E-state index >= 15 is 0 Å². The molecule has 0 amide bonds. The maximum atomic E-state index is 3.52. The molecule has 0 saturated heterocycles. The molecule has 2 unspecified atom stereocenters. The molecule has 1 nitrogen and oxygen atoms in total. The topological polar surface area (TPSA) is 12.0 Å². The van der Waals surface area contributed by atoms with Crippen LogP contribution in [-0.2, 0) is 6.42 Å². The van der Waals surface area contributed by atoms with Gasteiger partial charge in [-0.15, -0.1) is 0 Å². The molecule has 0 aliphatic heterocycles. The molecule has 0 aromatic heterocycles. The molecule has 1 N–H and O–H groups in total. The zero-order valence-electron chi connectivity index (χ0n) is 12.2. The van der Waals surface area contributed by atoms with Crippen molar-refractivity contribution in [3.8, 4) is 0 Å². The number of rotatable bonds is 1. The smallest absolute Gasteiger partial charge is 0.0323 e. The molecule has 100 valence electrons. The monoisotopic (exact) mass is 253 g/mol. The van der Waals surface area contributed by atoms with Crippen LogP contribution in [0.2, 0.25) is 0 Å². The molecule has 1 aliphatic rings. The summed E-state index contributed by atoms with van der Waals surface area (Å²) in [5, 5.41) is 6.41. The van der Waals surface area contributed by atoms with E-state index in [1.54, 1.807) is 5.56 Å². The minimum absolute atomic E-state index is 0.510. The van der Waals surface area contributed by atoms with Gasteiger partial charge in [-0.1, -0.05) is 37.3 Å². The summed E-state index contributed by atoms with van der Waals surface area (Å²) in [4.78, 5) is 0. The van der Waals surface area contributed by atoms with Crippen molar-refractivity contribution in [1.29, 1.82) is 0 Å². The van der Waals surface area contributed by atoms with E-state index in [9.17, 15) is 0 Å². The Bertz CT molecular complexity index is 600. The van der Waals surface area contributed by atoms with E-state index in [0.29, 0.717) is 6.04 Å². The Balaban J connectivity index is 2.26. The molecule has 0 saturated carbocycles. The molecule has 2 atom stereocenters. The van der Waals surface area contributed by atoms with Gasteiger partial charge in [0.2, 0.25) is 0 Å². The van der Waals surface area contributed by atoms with Gasteiger partial charge in [0.25, 0.3) is 0 Å². The first-order valence-electron chi connectivity index (χ1n) is 7.39. The van der Waals surface area contributed by atoms with Gasteiger partial charge in [0.15, 0.2) is 0 Å².